The van der Waals surface area contributed by atoms with Crippen molar-refractivity contribution < 1.29 is 18.8 Å². The molecule has 1 heterocycles. The van der Waals surface area contributed by atoms with Crippen LogP contribution in [-0.2, 0) is 14.4 Å². The van der Waals surface area contributed by atoms with Crippen molar-refractivity contribution in [3.63, 3.8) is 0 Å². The van der Waals surface area contributed by atoms with Crippen LogP contribution in [0.5, 0.6) is 0 Å². The number of rotatable bonds is 5. The summed E-state index contributed by atoms with van der Waals surface area (Å²) in [4.78, 5) is 35.7. The van der Waals surface area contributed by atoms with Crippen LogP contribution in [0.15, 0.2) is 47.6 Å². The average molecular weight is 418 g/mol. The standard InChI is InChI=1S/C19H17ClFN5O3/c1-10(27)23-12-4-7-14(20)15(8-12)24-19(29)16-9-17(18(22)28)26(25-16)13-5-2-11(21)3-6-13/h2-8,17H,9H2,1H3,(H2,22,28)(H,23,27)(H,24,29). The van der Waals surface area contributed by atoms with Crippen molar-refractivity contribution in [1.29, 1.82) is 0 Å². The van der Waals surface area contributed by atoms with E-state index >= 15 is 0 Å². The Balaban J connectivity index is 1.83. The second-order valence-electron chi connectivity index (χ2n) is 6.32. The number of nitrogens with one attached hydrogen (secondary N) is 2. The normalized spacial score (nSPS) is 15.6. The van der Waals surface area contributed by atoms with Crippen LogP contribution in [0.4, 0.5) is 21.5 Å². The molecule has 0 saturated carbocycles. The lowest BCUT2D eigenvalue weighted by Crippen LogP contribution is -2.39. The fourth-order valence-corrected chi connectivity index (χ4v) is 2.96. The van der Waals surface area contributed by atoms with Crippen molar-refractivity contribution in [3.8, 4) is 0 Å². The number of anilines is 3. The second kappa shape index (κ2) is 8.27. The molecule has 0 aromatic heterocycles. The van der Waals surface area contributed by atoms with Crippen LogP contribution in [0.25, 0.3) is 0 Å². The quantitative estimate of drug-likeness (QED) is 0.692. The van der Waals surface area contributed by atoms with Gasteiger partial charge in [-0.1, -0.05) is 11.6 Å². The van der Waals surface area contributed by atoms with E-state index in [1.165, 1.54) is 48.3 Å². The van der Waals surface area contributed by atoms with Gasteiger partial charge in [-0.15, -0.1) is 0 Å². The number of carbonyl (C=O) groups is 3. The second-order valence-corrected chi connectivity index (χ2v) is 6.73. The molecule has 0 spiro atoms. The first-order valence-corrected chi connectivity index (χ1v) is 8.92. The molecule has 0 radical (unpaired) electrons. The lowest BCUT2D eigenvalue weighted by molar-refractivity contribution is -0.119. The zero-order chi connectivity index (χ0) is 21.1. The maximum atomic E-state index is 13.2. The monoisotopic (exact) mass is 417 g/mol. The number of nitrogens with two attached hydrogens (primary N) is 1. The Kier molecular flexibility index (Phi) is 5.79. The van der Waals surface area contributed by atoms with Gasteiger partial charge in [0.1, 0.15) is 17.6 Å². The van der Waals surface area contributed by atoms with E-state index in [4.69, 9.17) is 17.3 Å². The number of halogens is 2. The molecule has 0 saturated heterocycles. The van der Waals surface area contributed by atoms with Gasteiger partial charge in [0.15, 0.2) is 0 Å². The number of amides is 3. The number of primary amides is 1. The first-order valence-electron chi connectivity index (χ1n) is 8.54. The van der Waals surface area contributed by atoms with Crippen molar-refractivity contribution >= 4 is 52.1 Å². The van der Waals surface area contributed by atoms with Gasteiger partial charge in [-0.3, -0.25) is 19.4 Å². The molecule has 150 valence electrons. The summed E-state index contributed by atoms with van der Waals surface area (Å²) < 4.78 is 13.2. The maximum Gasteiger partial charge on any atom is 0.272 e. The summed E-state index contributed by atoms with van der Waals surface area (Å²) in [6.45, 7) is 1.36. The highest BCUT2D eigenvalue weighted by molar-refractivity contribution is 6.45. The molecule has 4 N–H and O–H groups in total. The van der Waals surface area contributed by atoms with Crippen LogP contribution in [0, 0.1) is 5.82 Å². The maximum absolute atomic E-state index is 13.2. The number of hydrogen-bond acceptors (Lipinski definition) is 5. The molecule has 10 heteroatoms. The average Bonchev–Trinajstić information content (AvgIpc) is 3.10. The van der Waals surface area contributed by atoms with Gasteiger partial charge in [-0.25, -0.2) is 4.39 Å². The lowest BCUT2D eigenvalue weighted by atomic mass is 10.1. The van der Waals surface area contributed by atoms with Gasteiger partial charge in [-0.05, 0) is 42.5 Å². The van der Waals surface area contributed by atoms with Gasteiger partial charge < -0.3 is 16.4 Å². The molecule has 1 aliphatic rings. The van der Waals surface area contributed by atoms with Crippen molar-refractivity contribution in [2.24, 2.45) is 10.8 Å². The number of nitrogens with zero attached hydrogens (tertiary/aromatic N) is 2. The Bertz CT molecular complexity index is 1010. The molecule has 0 bridgehead atoms. The first kappa shape index (κ1) is 20.3. The van der Waals surface area contributed by atoms with Gasteiger partial charge in [0.2, 0.25) is 11.8 Å². The Labute approximate surface area is 170 Å². The third kappa shape index (κ3) is 4.69. The summed E-state index contributed by atoms with van der Waals surface area (Å²) in [5, 5.41) is 10.9. The van der Waals surface area contributed by atoms with Crippen molar-refractivity contribution in [3.05, 3.63) is 53.3 Å². The highest BCUT2D eigenvalue weighted by Gasteiger charge is 2.35. The highest BCUT2D eigenvalue weighted by atomic mass is 35.5. The van der Waals surface area contributed by atoms with Crippen LogP contribution < -0.4 is 21.4 Å². The molecule has 1 aliphatic heterocycles. The Morgan fingerprint density at radius 3 is 2.48 bits per heavy atom. The zero-order valence-corrected chi connectivity index (χ0v) is 16.0. The topological polar surface area (TPSA) is 117 Å². The third-order valence-corrected chi connectivity index (χ3v) is 4.46. The van der Waals surface area contributed by atoms with E-state index < -0.39 is 23.7 Å². The Morgan fingerprint density at radius 1 is 1.17 bits per heavy atom. The molecule has 2 aromatic carbocycles. The predicted molar refractivity (Wildman–Crippen MR) is 108 cm³/mol. The molecule has 8 nitrogen and oxygen atoms in total. The van der Waals surface area contributed by atoms with E-state index in [0.29, 0.717) is 11.4 Å². The lowest BCUT2D eigenvalue weighted by Gasteiger charge is -2.20. The highest BCUT2D eigenvalue weighted by Crippen LogP contribution is 2.28. The van der Waals surface area contributed by atoms with E-state index in [1.807, 2.05) is 0 Å². The summed E-state index contributed by atoms with van der Waals surface area (Å²) in [6.07, 6.45) is -0.0262. The molecular formula is C19H17ClFN5O3. The van der Waals surface area contributed by atoms with Gasteiger partial charge in [0.25, 0.3) is 5.91 Å². The van der Waals surface area contributed by atoms with Crippen molar-refractivity contribution in [2.75, 3.05) is 15.6 Å². The summed E-state index contributed by atoms with van der Waals surface area (Å²) in [5.74, 6) is -1.97. The molecule has 3 amide bonds. The van der Waals surface area contributed by atoms with Crippen molar-refractivity contribution in [1.82, 2.24) is 0 Å². The van der Waals surface area contributed by atoms with Crippen LogP contribution >= 0.6 is 11.6 Å². The summed E-state index contributed by atoms with van der Waals surface area (Å²) in [6, 6.07) is 9.03. The smallest absolute Gasteiger partial charge is 0.272 e. The Hall–Kier alpha value is -3.46. The molecule has 1 atom stereocenters. The molecule has 0 aliphatic carbocycles. The van der Waals surface area contributed by atoms with Crippen LogP contribution in [0.3, 0.4) is 0 Å². The van der Waals surface area contributed by atoms with E-state index in [0.717, 1.165) is 0 Å². The van der Waals surface area contributed by atoms with Gasteiger partial charge in [0.05, 0.1) is 16.4 Å². The summed E-state index contributed by atoms with van der Waals surface area (Å²) in [7, 11) is 0. The van der Waals surface area contributed by atoms with E-state index in [-0.39, 0.29) is 28.7 Å². The number of hydrogen-bond donors (Lipinski definition) is 3. The van der Waals surface area contributed by atoms with Crippen LogP contribution in [0.1, 0.15) is 13.3 Å². The SMILES string of the molecule is CC(=O)Nc1ccc(Cl)c(NC(=O)C2=NN(c3ccc(F)cc3)C(C(N)=O)C2)c1. The molecular weight excluding hydrogens is 401 g/mol. The largest absolute Gasteiger partial charge is 0.368 e. The predicted octanol–water partition coefficient (Wildman–Crippen LogP) is 2.50. The minimum absolute atomic E-state index is 0.0262. The van der Waals surface area contributed by atoms with Crippen LogP contribution in [0.2, 0.25) is 5.02 Å². The molecule has 3 rings (SSSR count). The van der Waals surface area contributed by atoms with Crippen LogP contribution in [-0.4, -0.2) is 29.5 Å². The molecule has 1 unspecified atom stereocenters. The van der Waals surface area contributed by atoms with Gasteiger partial charge in [0, 0.05) is 19.0 Å². The first-order chi connectivity index (χ1) is 13.7. The molecule has 0 fully saturated rings. The van der Waals surface area contributed by atoms with Crippen molar-refractivity contribution in [2.45, 2.75) is 19.4 Å². The van der Waals surface area contributed by atoms with E-state index in [9.17, 15) is 18.8 Å². The third-order valence-electron chi connectivity index (χ3n) is 4.13. The summed E-state index contributed by atoms with van der Waals surface area (Å²) in [5.41, 5.74) is 6.63. The van der Waals surface area contributed by atoms with E-state index in [2.05, 4.69) is 15.7 Å². The van der Waals surface area contributed by atoms with E-state index in [1.54, 1.807) is 6.07 Å². The number of benzene rings is 2. The van der Waals surface area contributed by atoms with Gasteiger partial charge >= 0.3 is 0 Å². The number of carbonyl (C=O) groups excluding carboxylic acids is 3. The minimum atomic E-state index is -0.887. The fourth-order valence-electron chi connectivity index (χ4n) is 2.80. The number of hydrazone groups is 1. The summed E-state index contributed by atoms with van der Waals surface area (Å²) >= 11 is 6.11. The molecule has 29 heavy (non-hydrogen) atoms. The molecule has 2 aromatic rings. The Morgan fingerprint density at radius 2 is 1.86 bits per heavy atom. The minimum Gasteiger partial charge on any atom is -0.368 e. The van der Waals surface area contributed by atoms with Gasteiger partial charge in [-0.2, -0.15) is 5.10 Å². The zero-order valence-electron chi connectivity index (χ0n) is 15.3. The fraction of sp³-hybridized carbons (Fsp3) is 0.158.